The molecule has 0 atom stereocenters. The van der Waals surface area contributed by atoms with E-state index in [1.165, 1.54) is 0 Å². The van der Waals surface area contributed by atoms with E-state index in [-0.39, 0.29) is 0 Å². The van der Waals surface area contributed by atoms with Gasteiger partial charge in [-0.2, -0.15) is 0 Å². The second kappa shape index (κ2) is 7.82. The Kier molecular flexibility index (Phi) is 5.67. The van der Waals surface area contributed by atoms with Gasteiger partial charge in [-0.1, -0.05) is 24.6 Å². The predicted octanol–water partition coefficient (Wildman–Crippen LogP) is 3.89. The van der Waals surface area contributed by atoms with Gasteiger partial charge in [0.2, 0.25) is 10.0 Å². The Bertz CT molecular complexity index is 1050. The lowest BCUT2D eigenvalue weighted by molar-refractivity contribution is 0.580. The van der Waals surface area contributed by atoms with Gasteiger partial charge in [0, 0.05) is 30.9 Å². The first-order valence-electron chi connectivity index (χ1n) is 9.33. The number of nitrogens with one attached hydrogen (secondary N) is 1. The zero-order chi connectivity index (χ0) is 19.6. The van der Waals surface area contributed by atoms with Crippen LogP contribution in [0.2, 0.25) is 0 Å². The van der Waals surface area contributed by atoms with Gasteiger partial charge >= 0.3 is 0 Å². The van der Waals surface area contributed by atoms with Crippen molar-refractivity contribution in [1.29, 1.82) is 0 Å². The monoisotopic (exact) mass is 385 g/mol. The molecule has 3 rings (SSSR count). The van der Waals surface area contributed by atoms with Crippen LogP contribution in [0.1, 0.15) is 35.6 Å². The smallest absolute Gasteiger partial charge is 0.241 e. The lowest BCUT2D eigenvalue weighted by atomic mass is 10.1. The van der Waals surface area contributed by atoms with Crippen molar-refractivity contribution in [3.8, 4) is 0 Å². The van der Waals surface area contributed by atoms with Crippen molar-refractivity contribution in [3.63, 3.8) is 0 Å². The molecule has 2 heterocycles. The maximum absolute atomic E-state index is 12.8. The summed E-state index contributed by atoms with van der Waals surface area (Å²) in [6.07, 6.45) is 5.54. The molecule has 0 aliphatic rings. The Morgan fingerprint density at radius 2 is 1.85 bits per heavy atom. The van der Waals surface area contributed by atoms with Crippen LogP contribution in [0, 0.1) is 20.8 Å². The molecule has 0 unspecified atom stereocenters. The van der Waals surface area contributed by atoms with E-state index in [1.807, 2.05) is 45.0 Å². The molecule has 1 N–H and O–H groups in total. The topological polar surface area (TPSA) is 64.0 Å². The first kappa shape index (κ1) is 19.6. The summed E-state index contributed by atoms with van der Waals surface area (Å²) >= 11 is 0. The Morgan fingerprint density at radius 3 is 2.52 bits per heavy atom. The Balaban J connectivity index is 1.80. The molecule has 0 aliphatic carbocycles. The van der Waals surface area contributed by atoms with Crippen LogP contribution in [-0.2, 0) is 23.0 Å². The minimum Gasteiger partial charge on any atom is -0.332 e. The van der Waals surface area contributed by atoms with Gasteiger partial charge in [0.25, 0.3) is 0 Å². The minimum atomic E-state index is -3.54. The molecule has 6 heteroatoms. The molecule has 0 spiro atoms. The number of nitrogens with zero attached hydrogens (tertiary/aromatic N) is 2. The highest BCUT2D eigenvalue weighted by Gasteiger charge is 2.19. The fraction of sp³-hybridized carbons (Fsp3) is 0.381. The Labute approximate surface area is 161 Å². The normalized spacial score (nSPS) is 12.0. The van der Waals surface area contributed by atoms with Crippen LogP contribution in [0.4, 0.5) is 0 Å². The van der Waals surface area contributed by atoms with Crippen molar-refractivity contribution in [3.05, 3.63) is 58.9 Å². The van der Waals surface area contributed by atoms with Crippen molar-refractivity contribution < 1.29 is 8.42 Å². The lowest BCUT2D eigenvalue weighted by Crippen LogP contribution is -2.27. The molecule has 0 saturated carbocycles. The Hall–Kier alpha value is -2.18. The van der Waals surface area contributed by atoms with Crippen LogP contribution in [0.3, 0.4) is 0 Å². The molecule has 1 aromatic carbocycles. The SMILES string of the molecule is CCCn1cc(CCNS(=O)(=O)c2c(C)cc(C)cc2C)c2cccnc21. The quantitative estimate of drug-likeness (QED) is 0.671. The summed E-state index contributed by atoms with van der Waals surface area (Å²) in [5, 5.41) is 1.09. The van der Waals surface area contributed by atoms with Gasteiger partial charge in [0.1, 0.15) is 5.65 Å². The predicted molar refractivity (Wildman–Crippen MR) is 110 cm³/mol. The molecule has 2 aromatic heterocycles. The van der Waals surface area contributed by atoms with E-state index in [9.17, 15) is 8.42 Å². The number of benzene rings is 1. The molecular weight excluding hydrogens is 358 g/mol. The second-order valence-corrected chi connectivity index (χ2v) is 8.80. The average Bonchev–Trinajstić information content (AvgIpc) is 2.92. The molecule has 0 bridgehead atoms. The van der Waals surface area contributed by atoms with Crippen LogP contribution in [0.25, 0.3) is 11.0 Å². The van der Waals surface area contributed by atoms with E-state index >= 15 is 0 Å². The van der Waals surface area contributed by atoms with Crippen molar-refractivity contribution in [2.75, 3.05) is 6.54 Å². The molecule has 0 fully saturated rings. The third-order valence-electron chi connectivity index (χ3n) is 4.74. The van der Waals surface area contributed by atoms with Crippen molar-refractivity contribution >= 4 is 21.1 Å². The van der Waals surface area contributed by atoms with Gasteiger partial charge < -0.3 is 4.57 Å². The average molecular weight is 386 g/mol. The van der Waals surface area contributed by atoms with E-state index in [2.05, 4.69) is 27.4 Å². The standard InChI is InChI=1S/C21H27N3O2S/c1-5-11-24-14-18(19-7-6-9-22-21(19)24)8-10-23-27(25,26)20-16(3)12-15(2)13-17(20)4/h6-7,9,12-14,23H,5,8,10-11H2,1-4H3. The number of sulfonamides is 1. The Morgan fingerprint density at radius 1 is 1.15 bits per heavy atom. The number of pyridine rings is 1. The van der Waals surface area contributed by atoms with E-state index in [1.54, 1.807) is 6.20 Å². The maximum Gasteiger partial charge on any atom is 0.241 e. The van der Waals surface area contributed by atoms with Crippen molar-refractivity contribution in [2.45, 2.75) is 52.0 Å². The van der Waals surface area contributed by atoms with Crippen LogP contribution in [0.15, 0.2) is 41.6 Å². The van der Waals surface area contributed by atoms with Crippen LogP contribution >= 0.6 is 0 Å². The number of aromatic nitrogens is 2. The molecular formula is C21H27N3O2S. The maximum atomic E-state index is 12.8. The summed E-state index contributed by atoms with van der Waals surface area (Å²) in [5.41, 5.74) is 4.71. The fourth-order valence-electron chi connectivity index (χ4n) is 3.79. The van der Waals surface area contributed by atoms with Gasteiger partial charge in [0.15, 0.2) is 0 Å². The summed E-state index contributed by atoms with van der Waals surface area (Å²) in [7, 11) is -3.54. The second-order valence-electron chi connectivity index (χ2n) is 7.10. The van der Waals surface area contributed by atoms with Crippen LogP contribution in [-0.4, -0.2) is 24.5 Å². The van der Waals surface area contributed by atoms with Gasteiger partial charge in [-0.25, -0.2) is 18.1 Å². The van der Waals surface area contributed by atoms with Gasteiger partial charge in [-0.05, 0) is 62.4 Å². The summed E-state index contributed by atoms with van der Waals surface area (Å²) in [6, 6.07) is 7.79. The zero-order valence-electron chi connectivity index (χ0n) is 16.4. The largest absolute Gasteiger partial charge is 0.332 e. The van der Waals surface area contributed by atoms with Crippen LogP contribution < -0.4 is 4.72 Å². The van der Waals surface area contributed by atoms with Gasteiger partial charge in [0.05, 0.1) is 4.90 Å². The molecule has 27 heavy (non-hydrogen) atoms. The fourth-order valence-corrected chi connectivity index (χ4v) is 5.27. The van der Waals surface area contributed by atoms with E-state index in [0.29, 0.717) is 17.9 Å². The van der Waals surface area contributed by atoms with Crippen molar-refractivity contribution in [2.24, 2.45) is 0 Å². The first-order valence-corrected chi connectivity index (χ1v) is 10.8. The highest BCUT2D eigenvalue weighted by molar-refractivity contribution is 7.89. The molecule has 0 amide bonds. The van der Waals surface area contributed by atoms with E-state index < -0.39 is 10.0 Å². The highest BCUT2D eigenvalue weighted by atomic mass is 32.2. The summed E-state index contributed by atoms with van der Waals surface area (Å²) in [4.78, 5) is 4.87. The highest BCUT2D eigenvalue weighted by Crippen LogP contribution is 2.23. The first-order chi connectivity index (χ1) is 12.8. The zero-order valence-corrected chi connectivity index (χ0v) is 17.2. The van der Waals surface area contributed by atoms with Gasteiger partial charge in [-0.15, -0.1) is 0 Å². The summed E-state index contributed by atoms with van der Waals surface area (Å²) in [5.74, 6) is 0. The third kappa shape index (κ3) is 4.06. The van der Waals surface area contributed by atoms with Crippen LogP contribution in [0.5, 0.6) is 0 Å². The molecule has 0 radical (unpaired) electrons. The number of hydrogen-bond donors (Lipinski definition) is 1. The van der Waals surface area contributed by atoms with E-state index in [4.69, 9.17) is 0 Å². The van der Waals surface area contributed by atoms with Crippen molar-refractivity contribution in [1.82, 2.24) is 14.3 Å². The molecule has 0 aliphatic heterocycles. The van der Waals surface area contributed by atoms with E-state index in [0.717, 1.165) is 46.3 Å². The molecule has 0 saturated heterocycles. The third-order valence-corrected chi connectivity index (χ3v) is 6.51. The van der Waals surface area contributed by atoms with Gasteiger partial charge in [-0.3, -0.25) is 0 Å². The molecule has 5 nitrogen and oxygen atoms in total. The number of aryl methyl sites for hydroxylation is 4. The molecule has 144 valence electrons. The summed E-state index contributed by atoms with van der Waals surface area (Å²) < 4.78 is 30.6. The molecule has 3 aromatic rings. The number of rotatable bonds is 7. The summed E-state index contributed by atoms with van der Waals surface area (Å²) in [6.45, 7) is 9.06. The minimum absolute atomic E-state index is 0.356. The lowest BCUT2D eigenvalue weighted by Gasteiger charge is -2.13. The number of hydrogen-bond acceptors (Lipinski definition) is 3. The number of fused-ring (bicyclic) bond motifs is 1.